The lowest BCUT2D eigenvalue weighted by atomic mass is 10.1. The Hall–Kier alpha value is -3.28. The van der Waals surface area contributed by atoms with E-state index in [1.165, 1.54) is 0 Å². The van der Waals surface area contributed by atoms with Crippen LogP contribution in [0.1, 0.15) is 29.2 Å². The zero-order valence-corrected chi connectivity index (χ0v) is 19.6. The van der Waals surface area contributed by atoms with Crippen molar-refractivity contribution in [3.63, 3.8) is 0 Å². The van der Waals surface area contributed by atoms with Gasteiger partial charge in [-0.15, -0.1) is 0 Å². The van der Waals surface area contributed by atoms with Crippen molar-refractivity contribution in [3.8, 4) is 11.5 Å². The van der Waals surface area contributed by atoms with Gasteiger partial charge in [0, 0.05) is 5.02 Å². The maximum atomic E-state index is 12.4. The van der Waals surface area contributed by atoms with Crippen LogP contribution < -0.4 is 9.47 Å². The predicted octanol–water partition coefficient (Wildman–Crippen LogP) is 6.62. The fraction of sp³-hybridized carbons (Fsp3) is 0.154. The number of ether oxygens (including phenoxy) is 3. The van der Waals surface area contributed by atoms with Gasteiger partial charge < -0.3 is 14.2 Å². The van der Waals surface area contributed by atoms with Gasteiger partial charge >= 0.3 is 5.97 Å². The molecule has 0 saturated heterocycles. The van der Waals surface area contributed by atoms with Gasteiger partial charge in [-0.1, -0.05) is 53.5 Å². The number of hydrogen-bond acceptors (Lipinski definition) is 5. The summed E-state index contributed by atoms with van der Waals surface area (Å²) in [6.45, 7) is 4.84. The molecule has 1 aliphatic heterocycles. The molecule has 0 saturated carbocycles. The zero-order valence-electron chi connectivity index (χ0n) is 18.1. The molecule has 0 aliphatic carbocycles. The lowest BCUT2D eigenvalue weighted by molar-refractivity contribution is -0.129. The Morgan fingerprint density at radius 3 is 2.61 bits per heavy atom. The van der Waals surface area contributed by atoms with Crippen molar-refractivity contribution in [2.45, 2.75) is 20.5 Å². The van der Waals surface area contributed by atoms with Gasteiger partial charge in [0.1, 0.15) is 6.61 Å². The summed E-state index contributed by atoms with van der Waals surface area (Å²) in [5, 5.41) is 0.856. The lowest BCUT2D eigenvalue weighted by Gasteiger charge is -2.13. The van der Waals surface area contributed by atoms with Gasteiger partial charge in [0.2, 0.25) is 5.90 Å². The number of carbonyl (C=O) groups excluding carboxylic acids is 1. The third-order valence-electron chi connectivity index (χ3n) is 4.99. The van der Waals surface area contributed by atoms with Gasteiger partial charge in [-0.2, -0.15) is 0 Å². The van der Waals surface area contributed by atoms with Crippen LogP contribution in [0.5, 0.6) is 11.5 Å². The van der Waals surface area contributed by atoms with Crippen molar-refractivity contribution < 1.29 is 19.0 Å². The molecular formula is C26H21Cl2NO4. The largest absolute Gasteiger partial charge is 0.490 e. The van der Waals surface area contributed by atoms with Gasteiger partial charge in [0.05, 0.1) is 17.2 Å². The summed E-state index contributed by atoms with van der Waals surface area (Å²) < 4.78 is 17.1. The molecular weight excluding hydrogens is 461 g/mol. The van der Waals surface area contributed by atoms with E-state index in [-0.39, 0.29) is 11.6 Å². The first-order valence-electron chi connectivity index (χ1n) is 10.4. The highest BCUT2D eigenvalue weighted by Gasteiger charge is 2.26. The minimum atomic E-state index is -0.570. The monoisotopic (exact) mass is 481 g/mol. The van der Waals surface area contributed by atoms with Crippen LogP contribution in [0, 0.1) is 6.92 Å². The number of aliphatic imine (C=N–C) groups is 1. The molecule has 5 nitrogen and oxygen atoms in total. The molecule has 0 N–H and O–H groups in total. The van der Waals surface area contributed by atoms with Crippen LogP contribution in [-0.2, 0) is 16.1 Å². The summed E-state index contributed by atoms with van der Waals surface area (Å²) in [6.07, 6.45) is 1.63. The topological polar surface area (TPSA) is 57.1 Å². The number of hydrogen-bond donors (Lipinski definition) is 0. The molecule has 0 bridgehead atoms. The van der Waals surface area contributed by atoms with E-state index in [2.05, 4.69) is 4.99 Å². The number of benzene rings is 3. The summed E-state index contributed by atoms with van der Waals surface area (Å²) >= 11 is 12.2. The molecule has 3 aromatic rings. The second-order valence-electron chi connectivity index (χ2n) is 7.31. The van der Waals surface area contributed by atoms with E-state index in [1.54, 1.807) is 30.3 Å². The van der Waals surface area contributed by atoms with E-state index in [9.17, 15) is 4.79 Å². The fourth-order valence-electron chi connectivity index (χ4n) is 3.27. The van der Waals surface area contributed by atoms with Gasteiger partial charge in [0.25, 0.3) is 0 Å². The fourth-order valence-corrected chi connectivity index (χ4v) is 3.64. The van der Waals surface area contributed by atoms with Crippen LogP contribution in [0.15, 0.2) is 71.4 Å². The summed E-state index contributed by atoms with van der Waals surface area (Å²) in [7, 11) is 0. The van der Waals surface area contributed by atoms with Crippen LogP contribution in [0.3, 0.4) is 0 Å². The van der Waals surface area contributed by atoms with Crippen molar-refractivity contribution in [1.82, 2.24) is 0 Å². The molecule has 33 heavy (non-hydrogen) atoms. The molecule has 0 aromatic heterocycles. The van der Waals surface area contributed by atoms with Crippen molar-refractivity contribution in [2.75, 3.05) is 6.61 Å². The first-order chi connectivity index (χ1) is 15.9. The Balaban J connectivity index is 1.59. The Morgan fingerprint density at radius 1 is 1.00 bits per heavy atom. The van der Waals surface area contributed by atoms with Gasteiger partial charge in [0.15, 0.2) is 17.2 Å². The Bertz CT molecular complexity index is 1270. The van der Waals surface area contributed by atoms with E-state index < -0.39 is 5.97 Å². The molecule has 3 aromatic carbocycles. The second kappa shape index (κ2) is 10.1. The second-order valence-corrected chi connectivity index (χ2v) is 8.16. The van der Waals surface area contributed by atoms with Crippen LogP contribution >= 0.6 is 23.2 Å². The van der Waals surface area contributed by atoms with Crippen LogP contribution in [0.25, 0.3) is 6.08 Å². The van der Waals surface area contributed by atoms with Crippen molar-refractivity contribution in [1.29, 1.82) is 0 Å². The molecule has 7 heteroatoms. The van der Waals surface area contributed by atoms with Crippen molar-refractivity contribution >= 4 is 41.1 Å². The highest BCUT2D eigenvalue weighted by molar-refractivity contribution is 6.36. The molecule has 0 radical (unpaired) electrons. The Labute approximate surface area is 202 Å². The number of halogens is 2. The molecule has 1 aliphatic rings. The van der Waals surface area contributed by atoms with E-state index in [4.69, 9.17) is 37.4 Å². The predicted molar refractivity (Wildman–Crippen MR) is 130 cm³/mol. The lowest BCUT2D eigenvalue weighted by Crippen LogP contribution is -2.06. The van der Waals surface area contributed by atoms with E-state index in [0.717, 1.165) is 16.7 Å². The quantitative estimate of drug-likeness (QED) is 0.280. The van der Waals surface area contributed by atoms with Crippen LogP contribution in [0.4, 0.5) is 0 Å². The Kier molecular flexibility index (Phi) is 7.02. The normalized spacial score (nSPS) is 14.2. The average molecular weight is 482 g/mol. The first-order valence-corrected chi connectivity index (χ1v) is 11.1. The van der Waals surface area contributed by atoms with Gasteiger partial charge in [-0.05, 0) is 66.9 Å². The summed E-state index contributed by atoms with van der Waals surface area (Å²) in [4.78, 5) is 16.7. The zero-order chi connectivity index (χ0) is 23.4. The summed E-state index contributed by atoms with van der Waals surface area (Å²) in [5.74, 6) is 0.737. The number of cyclic esters (lactones) is 1. The Morgan fingerprint density at radius 2 is 1.82 bits per heavy atom. The minimum absolute atomic E-state index is 0.113. The highest BCUT2D eigenvalue weighted by Crippen LogP contribution is 2.32. The smallest absolute Gasteiger partial charge is 0.363 e. The van der Waals surface area contributed by atoms with Crippen molar-refractivity contribution in [2.24, 2.45) is 4.99 Å². The maximum Gasteiger partial charge on any atom is 0.363 e. The average Bonchev–Trinajstić information content (AvgIpc) is 3.16. The van der Waals surface area contributed by atoms with E-state index in [0.29, 0.717) is 40.3 Å². The highest BCUT2D eigenvalue weighted by atomic mass is 35.5. The standard InChI is InChI=1S/C26H21Cl2NO4/c1-3-31-24-13-17(8-11-23(24)32-15-18-7-5-4-6-16(18)2)12-22-26(30)33-25(29-22)20-14-19(27)9-10-21(20)28/h4-14H,3,15H2,1-2H3/b22-12+. The van der Waals surface area contributed by atoms with Gasteiger partial charge in [-0.25, -0.2) is 9.79 Å². The summed E-state index contributed by atoms with van der Waals surface area (Å²) in [5.41, 5.74) is 3.58. The van der Waals surface area contributed by atoms with Crippen molar-refractivity contribution in [3.05, 3.63) is 98.7 Å². The number of aryl methyl sites for hydroxylation is 1. The number of carbonyl (C=O) groups is 1. The number of esters is 1. The number of rotatable bonds is 7. The molecule has 0 spiro atoms. The third kappa shape index (κ3) is 5.38. The number of nitrogens with zero attached hydrogens (tertiary/aromatic N) is 1. The molecule has 168 valence electrons. The van der Waals surface area contributed by atoms with Crippen LogP contribution in [0.2, 0.25) is 10.0 Å². The molecule has 4 rings (SSSR count). The SMILES string of the molecule is CCOc1cc(/C=C2/N=C(c3cc(Cl)ccc3Cl)OC2=O)ccc1OCc1ccccc1C. The molecule has 0 fully saturated rings. The molecule has 0 atom stereocenters. The molecule has 1 heterocycles. The van der Waals surface area contributed by atoms with E-state index in [1.807, 2.05) is 50.2 Å². The van der Waals surface area contributed by atoms with E-state index >= 15 is 0 Å². The molecule has 0 amide bonds. The maximum absolute atomic E-state index is 12.4. The van der Waals surface area contributed by atoms with Crippen LogP contribution in [-0.4, -0.2) is 18.5 Å². The first kappa shape index (κ1) is 22.9. The van der Waals surface area contributed by atoms with Gasteiger partial charge in [-0.3, -0.25) is 0 Å². The summed E-state index contributed by atoms with van der Waals surface area (Å²) in [6, 6.07) is 18.4. The minimum Gasteiger partial charge on any atom is -0.490 e. The third-order valence-corrected chi connectivity index (χ3v) is 5.56. The molecule has 0 unspecified atom stereocenters.